The van der Waals surface area contributed by atoms with Gasteiger partial charge in [0.1, 0.15) is 5.82 Å². The summed E-state index contributed by atoms with van der Waals surface area (Å²) in [4.78, 5) is 18.0. The summed E-state index contributed by atoms with van der Waals surface area (Å²) in [5, 5.41) is 5.06. The Hall–Kier alpha value is -2.67. The van der Waals surface area contributed by atoms with Gasteiger partial charge in [0.2, 0.25) is 0 Å². The number of halogens is 1. The molecule has 1 heterocycles. The van der Waals surface area contributed by atoms with Crippen LogP contribution < -0.4 is 15.0 Å². The molecule has 0 radical (unpaired) electrons. The monoisotopic (exact) mass is 499 g/mol. The van der Waals surface area contributed by atoms with Crippen molar-refractivity contribution in [3.8, 4) is 11.5 Å². The predicted octanol–water partition coefficient (Wildman–Crippen LogP) is 6.13. The normalized spacial score (nSPS) is 13.4. The molecule has 0 aliphatic heterocycles. The van der Waals surface area contributed by atoms with Crippen LogP contribution in [0, 0.1) is 0 Å². The highest BCUT2D eigenvalue weighted by Crippen LogP contribution is 2.29. The lowest BCUT2D eigenvalue weighted by molar-refractivity contribution is 0.203. The number of hydrogen-bond donors (Lipinski definition) is 0. The summed E-state index contributed by atoms with van der Waals surface area (Å²) in [6, 6.07) is 11.2. The van der Waals surface area contributed by atoms with Crippen molar-refractivity contribution >= 4 is 33.0 Å². The molecule has 3 aromatic rings. The summed E-state index contributed by atoms with van der Waals surface area (Å²) in [5.41, 5.74) is 1.29. The van der Waals surface area contributed by atoms with Crippen LogP contribution >= 0.6 is 15.9 Å². The maximum Gasteiger partial charge on any atom is 0.282 e. The van der Waals surface area contributed by atoms with Crippen molar-refractivity contribution in [2.24, 2.45) is 5.10 Å². The van der Waals surface area contributed by atoms with Crippen molar-refractivity contribution < 1.29 is 9.47 Å². The first-order chi connectivity index (χ1) is 15.4. The Bertz CT molecular complexity index is 1170. The van der Waals surface area contributed by atoms with Gasteiger partial charge in [-0.2, -0.15) is 9.78 Å². The topological polar surface area (TPSA) is 65.7 Å². The van der Waals surface area contributed by atoms with Crippen LogP contribution in [0.2, 0.25) is 0 Å². The van der Waals surface area contributed by atoms with E-state index in [9.17, 15) is 4.79 Å². The van der Waals surface area contributed by atoms with E-state index in [4.69, 9.17) is 14.5 Å². The third kappa shape index (κ3) is 5.38. The minimum absolute atomic E-state index is 0.0817. The van der Waals surface area contributed by atoms with Gasteiger partial charge >= 0.3 is 0 Å². The van der Waals surface area contributed by atoms with E-state index in [2.05, 4.69) is 34.9 Å². The van der Waals surface area contributed by atoms with E-state index in [0.717, 1.165) is 22.9 Å². The molecule has 0 amide bonds. The zero-order chi connectivity index (χ0) is 23.3. The SMILES string of the molecule is CCOc1cc(C=Nn2c([C@@H](C)CC)nc3ccc(Br)cc3c2=O)ccc1O[C@H](C)CC. The van der Waals surface area contributed by atoms with E-state index in [1.54, 1.807) is 12.3 Å². The number of benzene rings is 2. The summed E-state index contributed by atoms with van der Waals surface area (Å²) in [6.45, 7) is 10.7. The molecule has 0 fully saturated rings. The van der Waals surface area contributed by atoms with Crippen LogP contribution in [-0.2, 0) is 0 Å². The van der Waals surface area contributed by atoms with Crippen LogP contribution in [0.4, 0.5) is 0 Å². The Morgan fingerprint density at radius 2 is 1.88 bits per heavy atom. The van der Waals surface area contributed by atoms with E-state index < -0.39 is 0 Å². The van der Waals surface area contributed by atoms with Gasteiger partial charge < -0.3 is 9.47 Å². The number of fused-ring (bicyclic) bond motifs is 1. The van der Waals surface area contributed by atoms with Gasteiger partial charge in [0, 0.05) is 10.4 Å². The Labute approximate surface area is 197 Å². The molecular formula is C25H30BrN3O3. The van der Waals surface area contributed by atoms with Crippen molar-refractivity contribution in [2.75, 3.05) is 6.61 Å². The number of hydrogen-bond acceptors (Lipinski definition) is 5. The molecule has 170 valence electrons. The summed E-state index contributed by atoms with van der Waals surface area (Å²) in [7, 11) is 0. The predicted molar refractivity (Wildman–Crippen MR) is 133 cm³/mol. The van der Waals surface area contributed by atoms with Crippen molar-refractivity contribution in [3.63, 3.8) is 0 Å². The molecule has 0 aliphatic carbocycles. The van der Waals surface area contributed by atoms with Crippen LogP contribution in [0.3, 0.4) is 0 Å². The van der Waals surface area contributed by atoms with Gasteiger partial charge in [-0.1, -0.05) is 36.7 Å². The van der Waals surface area contributed by atoms with Gasteiger partial charge in [-0.05, 0) is 68.7 Å². The van der Waals surface area contributed by atoms with Crippen LogP contribution in [0.15, 0.2) is 50.8 Å². The van der Waals surface area contributed by atoms with Crippen LogP contribution in [0.1, 0.15) is 64.8 Å². The number of ether oxygens (including phenoxy) is 2. The zero-order valence-corrected chi connectivity index (χ0v) is 20.8. The summed E-state index contributed by atoms with van der Waals surface area (Å²) < 4.78 is 14.0. The van der Waals surface area contributed by atoms with Crippen molar-refractivity contribution in [1.29, 1.82) is 0 Å². The molecule has 0 saturated heterocycles. The third-order valence-electron chi connectivity index (χ3n) is 5.38. The number of nitrogens with zero attached hydrogens (tertiary/aromatic N) is 3. The molecule has 0 bridgehead atoms. The van der Waals surface area contributed by atoms with Gasteiger partial charge in [0.05, 0.1) is 29.8 Å². The molecule has 2 aromatic carbocycles. The lowest BCUT2D eigenvalue weighted by atomic mass is 10.1. The minimum Gasteiger partial charge on any atom is -0.490 e. The summed E-state index contributed by atoms with van der Waals surface area (Å²) in [6.07, 6.45) is 3.50. The van der Waals surface area contributed by atoms with Gasteiger partial charge in [0.15, 0.2) is 11.5 Å². The van der Waals surface area contributed by atoms with Crippen molar-refractivity contribution in [3.05, 3.63) is 62.6 Å². The second-order valence-corrected chi connectivity index (χ2v) is 8.69. The zero-order valence-electron chi connectivity index (χ0n) is 19.3. The van der Waals surface area contributed by atoms with Crippen LogP contribution in [0.5, 0.6) is 11.5 Å². The van der Waals surface area contributed by atoms with Crippen molar-refractivity contribution in [2.45, 2.75) is 59.5 Å². The summed E-state index contributed by atoms with van der Waals surface area (Å²) in [5.74, 6) is 2.09. The van der Waals surface area contributed by atoms with Gasteiger partial charge in [-0.3, -0.25) is 4.79 Å². The molecule has 2 atom stereocenters. The smallest absolute Gasteiger partial charge is 0.282 e. The molecule has 0 unspecified atom stereocenters. The van der Waals surface area contributed by atoms with E-state index in [0.29, 0.717) is 34.8 Å². The molecule has 0 saturated carbocycles. The molecule has 32 heavy (non-hydrogen) atoms. The number of aromatic nitrogens is 2. The molecule has 6 nitrogen and oxygen atoms in total. The Morgan fingerprint density at radius 3 is 2.56 bits per heavy atom. The summed E-state index contributed by atoms with van der Waals surface area (Å²) >= 11 is 3.44. The van der Waals surface area contributed by atoms with Crippen LogP contribution in [-0.4, -0.2) is 28.6 Å². The van der Waals surface area contributed by atoms with E-state index in [1.165, 1.54) is 4.68 Å². The Morgan fingerprint density at radius 1 is 1.09 bits per heavy atom. The average molecular weight is 500 g/mol. The molecule has 1 aromatic heterocycles. The first-order valence-electron chi connectivity index (χ1n) is 11.1. The minimum atomic E-state index is -0.190. The highest BCUT2D eigenvalue weighted by molar-refractivity contribution is 9.10. The van der Waals surface area contributed by atoms with E-state index >= 15 is 0 Å². The highest BCUT2D eigenvalue weighted by atomic mass is 79.9. The second-order valence-electron chi connectivity index (χ2n) is 7.78. The fourth-order valence-corrected chi connectivity index (χ4v) is 3.54. The highest BCUT2D eigenvalue weighted by Gasteiger charge is 2.16. The van der Waals surface area contributed by atoms with Gasteiger partial charge in [-0.25, -0.2) is 4.98 Å². The Kier molecular flexibility index (Phi) is 8.07. The quantitative estimate of drug-likeness (QED) is 0.332. The van der Waals surface area contributed by atoms with Crippen LogP contribution in [0.25, 0.3) is 10.9 Å². The molecular weight excluding hydrogens is 470 g/mol. The maximum atomic E-state index is 13.3. The van der Waals surface area contributed by atoms with Gasteiger partial charge in [0.25, 0.3) is 5.56 Å². The largest absolute Gasteiger partial charge is 0.490 e. The standard InChI is InChI=1S/C25H30BrN3O3/c1-6-16(4)24-28-21-11-10-19(26)14-20(21)25(30)29(24)27-15-18-9-12-22(32-17(5)7-2)23(13-18)31-8-3/h9-17H,6-8H2,1-5H3/t16-,17+/m0/s1. The third-order valence-corrected chi connectivity index (χ3v) is 5.87. The molecule has 0 N–H and O–H groups in total. The van der Waals surface area contributed by atoms with Gasteiger partial charge in [-0.15, -0.1) is 0 Å². The lowest BCUT2D eigenvalue weighted by Crippen LogP contribution is -2.23. The maximum absolute atomic E-state index is 13.3. The molecule has 0 spiro atoms. The number of rotatable bonds is 9. The first-order valence-corrected chi connectivity index (χ1v) is 11.9. The Balaban J connectivity index is 2.06. The fraction of sp³-hybridized carbons (Fsp3) is 0.400. The molecule has 0 aliphatic rings. The second kappa shape index (κ2) is 10.8. The molecule has 7 heteroatoms. The van der Waals surface area contributed by atoms with E-state index in [-0.39, 0.29) is 17.6 Å². The van der Waals surface area contributed by atoms with E-state index in [1.807, 2.05) is 51.1 Å². The molecule has 3 rings (SSSR count). The fourth-order valence-electron chi connectivity index (χ4n) is 3.17. The lowest BCUT2D eigenvalue weighted by Gasteiger charge is -2.16. The average Bonchev–Trinajstić information content (AvgIpc) is 2.79. The van der Waals surface area contributed by atoms with Crippen molar-refractivity contribution in [1.82, 2.24) is 9.66 Å². The first kappa shape index (κ1) is 24.0.